The molecule has 20 heavy (non-hydrogen) atoms. The van der Waals surface area contributed by atoms with Crippen molar-refractivity contribution in [2.24, 2.45) is 5.73 Å². The van der Waals surface area contributed by atoms with Crippen molar-refractivity contribution in [1.82, 2.24) is 0 Å². The Balaban J connectivity index is 2.08. The molecule has 2 aromatic carbocycles. The van der Waals surface area contributed by atoms with Gasteiger partial charge in [0.1, 0.15) is 12.4 Å². The molecule has 0 aliphatic rings. The van der Waals surface area contributed by atoms with Crippen molar-refractivity contribution in [3.63, 3.8) is 0 Å². The van der Waals surface area contributed by atoms with Gasteiger partial charge in [-0.15, -0.1) is 0 Å². The molecule has 0 atom stereocenters. The zero-order valence-electron chi connectivity index (χ0n) is 11.1. The maximum absolute atomic E-state index is 7.33. The van der Waals surface area contributed by atoms with Crippen molar-refractivity contribution in [3.05, 3.63) is 64.1 Å². The highest BCUT2D eigenvalue weighted by Crippen LogP contribution is 2.25. The van der Waals surface area contributed by atoms with Gasteiger partial charge in [-0.3, -0.25) is 5.41 Å². The minimum Gasteiger partial charge on any atom is -0.489 e. The minimum atomic E-state index is 0.194. The van der Waals surface area contributed by atoms with Crippen LogP contribution >= 0.6 is 15.9 Å². The van der Waals surface area contributed by atoms with Crippen molar-refractivity contribution in [3.8, 4) is 5.75 Å². The second kappa shape index (κ2) is 7.10. The summed E-state index contributed by atoms with van der Waals surface area (Å²) >= 11 is 3.46. The van der Waals surface area contributed by atoms with Crippen LogP contribution in [0.3, 0.4) is 0 Å². The molecule has 0 aromatic heterocycles. The summed E-state index contributed by atoms with van der Waals surface area (Å²) in [7, 11) is 0. The van der Waals surface area contributed by atoms with Gasteiger partial charge in [-0.1, -0.05) is 46.3 Å². The second-order valence-electron chi connectivity index (χ2n) is 4.55. The first-order valence-corrected chi connectivity index (χ1v) is 7.22. The number of amidine groups is 1. The first-order chi connectivity index (χ1) is 9.65. The maximum Gasteiger partial charge on any atom is 0.123 e. The number of hydrogen-bond donors (Lipinski definition) is 2. The summed E-state index contributed by atoms with van der Waals surface area (Å²) in [4.78, 5) is 0. The fourth-order valence-electron chi connectivity index (χ4n) is 1.89. The normalized spacial score (nSPS) is 10.2. The molecular formula is C16H17BrN2O. The van der Waals surface area contributed by atoms with E-state index in [1.807, 2.05) is 48.5 Å². The lowest BCUT2D eigenvalue weighted by Gasteiger charge is -2.12. The van der Waals surface area contributed by atoms with Crippen LogP contribution in [-0.4, -0.2) is 5.84 Å². The molecule has 0 aliphatic heterocycles. The Morgan fingerprint density at radius 1 is 1.15 bits per heavy atom. The van der Waals surface area contributed by atoms with Crippen LogP contribution in [0.15, 0.2) is 53.0 Å². The Labute approximate surface area is 127 Å². The number of aryl methyl sites for hydroxylation is 1. The smallest absolute Gasteiger partial charge is 0.123 e. The molecule has 0 radical (unpaired) electrons. The molecule has 0 aliphatic carbocycles. The van der Waals surface area contributed by atoms with Gasteiger partial charge in [0.2, 0.25) is 0 Å². The third-order valence-corrected chi connectivity index (χ3v) is 3.42. The lowest BCUT2D eigenvalue weighted by molar-refractivity contribution is 0.303. The summed E-state index contributed by atoms with van der Waals surface area (Å²) in [6, 6.07) is 16.0. The Hall–Kier alpha value is -1.81. The Bertz CT molecular complexity index is 584. The van der Waals surface area contributed by atoms with Crippen LogP contribution in [0.4, 0.5) is 0 Å². The molecule has 3 nitrogen and oxygen atoms in total. The van der Waals surface area contributed by atoms with Gasteiger partial charge in [-0.25, -0.2) is 0 Å². The monoisotopic (exact) mass is 332 g/mol. The summed E-state index contributed by atoms with van der Waals surface area (Å²) in [5, 5.41) is 7.33. The summed E-state index contributed by atoms with van der Waals surface area (Å²) in [6.45, 7) is 0.537. The van der Waals surface area contributed by atoms with Crippen LogP contribution in [0.5, 0.6) is 5.75 Å². The zero-order valence-corrected chi connectivity index (χ0v) is 12.7. The van der Waals surface area contributed by atoms with E-state index in [1.54, 1.807) is 0 Å². The van der Waals surface area contributed by atoms with E-state index < -0.39 is 0 Å². The van der Waals surface area contributed by atoms with E-state index in [0.717, 1.165) is 21.3 Å². The molecule has 0 bridgehead atoms. The molecule has 2 rings (SSSR count). The van der Waals surface area contributed by atoms with Crippen molar-refractivity contribution in [1.29, 1.82) is 5.41 Å². The molecule has 3 N–H and O–H groups in total. The highest BCUT2D eigenvalue weighted by Gasteiger charge is 2.06. The number of nitrogens with two attached hydrogens (primary N) is 1. The third kappa shape index (κ3) is 4.38. The standard InChI is InChI=1S/C16H17BrN2O/c17-14-7-8-15(13(10-14)6-9-16(18)19)20-11-12-4-2-1-3-5-12/h1-5,7-8,10H,6,9,11H2,(H3,18,19). The molecular weight excluding hydrogens is 316 g/mol. The predicted octanol–water partition coefficient (Wildman–Crippen LogP) is 3.90. The third-order valence-electron chi connectivity index (χ3n) is 2.92. The van der Waals surface area contributed by atoms with E-state index >= 15 is 0 Å². The van der Waals surface area contributed by atoms with E-state index in [4.69, 9.17) is 15.9 Å². The van der Waals surface area contributed by atoms with E-state index in [1.165, 1.54) is 0 Å². The van der Waals surface area contributed by atoms with Crippen LogP contribution < -0.4 is 10.5 Å². The molecule has 104 valence electrons. The first-order valence-electron chi connectivity index (χ1n) is 6.43. The van der Waals surface area contributed by atoms with Gasteiger partial charge in [-0.05, 0) is 35.7 Å². The summed E-state index contributed by atoms with van der Waals surface area (Å²) in [6.07, 6.45) is 1.25. The van der Waals surface area contributed by atoms with Gasteiger partial charge in [0, 0.05) is 10.9 Å². The number of ether oxygens (including phenoxy) is 1. The van der Waals surface area contributed by atoms with Gasteiger partial charge in [0.05, 0.1) is 5.84 Å². The SMILES string of the molecule is N=C(N)CCc1cc(Br)ccc1OCc1ccccc1. The van der Waals surface area contributed by atoms with Crippen molar-refractivity contribution >= 4 is 21.8 Å². The largest absolute Gasteiger partial charge is 0.489 e. The fraction of sp³-hybridized carbons (Fsp3) is 0.188. The molecule has 0 saturated carbocycles. The second-order valence-corrected chi connectivity index (χ2v) is 5.47. The van der Waals surface area contributed by atoms with Crippen molar-refractivity contribution in [2.45, 2.75) is 19.4 Å². The van der Waals surface area contributed by atoms with Gasteiger partial charge < -0.3 is 10.5 Å². The predicted molar refractivity (Wildman–Crippen MR) is 85.2 cm³/mol. The highest BCUT2D eigenvalue weighted by molar-refractivity contribution is 9.10. The average Bonchev–Trinajstić information content (AvgIpc) is 2.45. The zero-order chi connectivity index (χ0) is 14.4. The number of benzene rings is 2. The number of hydrogen-bond acceptors (Lipinski definition) is 2. The Morgan fingerprint density at radius 2 is 1.90 bits per heavy atom. The number of rotatable bonds is 6. The van der Waals surface area contributed by atoms with Gasteiger partial charge in [-0.2, -0.15) is 0 Å². The molecule has 0 amide bonds. The summed E-state index contributed by atoms with van der Waals surface area (Å²) in [5.74, 6) is 1.04. The molecule has 0 saturated heterocycles. The summed E-state index contributed by atoms with van der Waals surface area (Å²) < 4.78 is 6.88. The number of nitrogens with one attached hydrogen (secondary N) is 1. The van der Waals surface area contributed by atoms with E-state index in [9.17, 15) is 0 Å². The Kier molecular flexibility index (Phi) is 5.18. The molecule has 0 fully saturated rings. The van der Waals surface area contributed by atoms with Crippen LogP contribution in [-0.2, 0) is 13.0 Å². The fourth-order valence-corrected chi connectivity index (χ4v) is 2.30. The van der Waals surface area contributed by atoms with Crippen molar-refractivity contribution in [2.75, 3.05) is 0 Å². The van der Waals surface area contributed by atoms with E-state index in [-0.39, 0.29) is 5.84 Å². The van der Waals surface area contributed by atoms with Crippen molar-refractivity contribution < 1.29 is 4.74 Å². The minimum absolute atomic E-state index is 0.194. The van der Waals surface area contributed by atoms with Gasteiger partial charge in [0.15, 0.2) is 0 Å². The molecule has 2 aromatic rings. The lowest BCUT2D eigenvalue weighted by Crippen LogP contribution is -2.10. The summed E-state index contributed by atoms with van der Waals surface area (Å²) in [5.41, 5.74) is 7.62. The molecule has 0 spiro atoms. The lowest BCUT2D eigenvalue weighted by atomic mass is 10.1. The van der Waals surface area contributed by atoms with E-state index in [0.29, 0.717) is 19.4 Å². The van der Waals surface area contributed by atoms with Gasteiger partial charge >= 0.3 is 0 Å². The van der Waals surface area contributed by atoms with Crippen LogP contribution in [0.25, 0.3) is 0 Å². The van der Waals surface area contributed by atoms with Crippen LogP contribution in [0.2, 0.25) is 0 Å². The highest BCUT2D eigenvalue weighted by atomic mass is 79.9. The Morgan fingerprint density at radius 3 is 2.60 bits per heavy atom. The first kappa shape index (κ1) is 14.6. The molecule has 0 heterocycles. The average molecular weight is 333 g/mol. The number of halogens is 1. The van der Waals surface area contributed by atoms with Crippen LogP contribution in [0, 0.1) is 5.41 Å². The maximum atomic E-state index is 7.33. The quantitative estimate of drug-likeness (QED) is 0.622. The molecule has 4 heteroatoms. The topological polar surface area (TPSA) is 59.1 Å². The van der Waals surface area contributed by atoms with Crippen LogP contribution in [0.1, 0.15) is 17.5 Å². The van der Waals surface area contributed by atoms with Gasteiger partial charge in [0.25, 0.3) is 0 Å². The van der Waals surface area contributed by atoms with E-state index in [2.05, 4.69) is 15.9 Å². The molecule has 0 unspecified atom stereocenters.